The molecule has 2 unspecified atom stereocenters. The van der Waals surface area contributed by atoms with Crippen molar-refractivity contribution in [3.8, 4) is 5.75 Å². The highest BCUT2D eigenvalue weighted by molar-refractivity contribution is 6.32. The molecule has 1 saturated heterocycles. The zero-order valence-corrected chi connectivity index (χ0v) is 12.0. The molecule has 1 amide bonds. The molecule has 2 atom stereocenters. The number of benzene rings is 1. The minimum atomic E-state index is -0.527. The molecule has 5 heteroatoms. The molecule has 0 aromatic heterocycles. The molecule has 0 bridgehead atoms. The van der Waals surface area contributed by atoms with E-state index in [4.69, 9.17) is 16.3 Å². The van der Waals surface area contributed by atoms with Crippen LogP contribution in [-0.2, 0) is 4.79 Å². The standard InChI is InChI=1S/C14H19ClN2O2/c1-10-9-16-7-8-17(10)14(18)11(2)19-13-6-4-3-5-12(13)15/h3-6,10-11,16H,7-9H2,1-2H3. The summed E-state index contributed by atoms with van der Waals surface area (Å²) in [5.74, 6) is 0.557. The Morgan fingerprint density at radius 3 is 2.95 bits per heavy atom. The quantitative estimate of drug-likeness (QED) is 0.921. The summed E-state index contributed by atoms with van der Waals surface area (Å²) < 4.78 is 5.66. The van der Waals surface area contributed by atoms with Crippen LogP contribution >= 0.6 is 11.6 Å². The largest absolute Gasteiger partial charge is 0.479 e. The van der Waals surface area contributed by atoms with E-state index in [0.717, 1.165) is 19.6 Å². The van der Waals surface area contributed by atoms with E-state index in [1.54, 1.807) is 19.1 Å². The monoisotopic (exact) mass is 282 g/mol. The predicted molar refractivity (Wildman–Crippen MR) is 75.6 cm³/mol. The normalized spacial score (nSPS) is 21.0. The minimum absolute atomic E-state index is 0.00826. The van der Waals surface area contributed by atoms with Crippen LogP contribution in [0.2, 0.25) is 5.02 Å². The maximum Gasteiger partial charge on any atom is 0.263 e. The van der Waals surface area contributed by atoms with Gasteiger partial charge in [0.2, 0.25) is 0 Å². The molecule has 19 heavy (non-hydrogen) atoms. The summed E-state index contributed by atoms with van der Waals surface area (Å²) in [6.45, 7) is 6.17. The smallest absolute Gasteiger partial charge is 0.263 e. The van der Waals surface area contributed by atoms with E-state index in [1.165, 1.54) is 0 Å². The molecular weight excluding hydrogens is 264 g/mol. The molecule has 1 N–H and O–H groups in total. The fraction of sp³-hybridized carbons (Fsp3) is 0.500. The lowest BCUT2D eigenvalue weighted by molar-refractivity contribution is -0.140. The van der Waals surface area contributed by atoms with Crippen molar-refractivity contribution in [1.29, 1.82) is 0 Å². The average Bonchev–Trinajstić information content (AvgIpc) is 2.41. The highest BCUT2D eigenvalue weighted by Crippen LogP contribution is 2.24. The number of nitrogens with zero attached hydrogens (tertiary/aromatic N) is 1. The van der Waals surface area contributed by atoms with Gasteiger partial charge >= 0.3 is 0 Å². The topological polar surface area (TPSA) is 41.6 Å². The summed E-state index contributed by atoms with van der Waals surface area (Å²) in [4.78, 5) is 14.2. The number of carbonyl (C=O) groups excluding carboxylic acids is 1. The van der Waals surface area contributed by atoms with E-state index in [1.807, 2.05) is 24.0 Å². The Kier molecular flexibility index (Phi) is 4.66. The second-order valence-electron chi connectivity index (χ2n) is 4.78. The lowest BCUT2D eigenvalue weighted by Crippen LogP contribution is -2.55. The van der Waals surface area contributed by atoms with Crippen molar-refractivity contribution in [1.82, 2.24) is 10.2 Å². The summed E-state index contributed by atoms with van der Waals surface area (Å²) >= 11 is 6.03. The molecule has 1 aromatic carbocycles. The minimum Gasteiger partial charge on any atom is -0.479 e. The Bertz CT molecular complexity index is 453. The molecule has 104 valence electrons. The van der Waals surface area contributed by atoms with Gasteiger partial charge in [0, 0.05) is 25.7 Å². The predicted octanol–water partition coefficient (Wildman–Crippen LogP) is 1.93. The first kappa shape index (κ1) is 14.2. The van der Waals surface area contributed by atoms with Gasteiger partial charge in [-0.3, -0.25) is 4.79 Å². The van der Waals surface area contributed by atoms with Gasteiger partial charge in [-0.2, -0.15) is 0 Å². The van der Waals surface area contributed by atoms with Gasteiger partial charge in [-0.05, 0) is 26.0 Å². The molecule has 1 aliphatic rings. The van der Waals surface area contributed by atoms with Gasteiger partial charge in [-0.15, -0.1) is 0 Å². The summed E-state index contributed by atoms with van der Waals surface area (Å²) in [5.41, 5.74) is 0. The van der Waals surface area contributed by atoms with Crippen LogP contribution in [-0.4, -0.2) is 42.6 Å². The zero-order chi connectivity index (χ0) is 13.8. The summed E-state index contributed by atoms with van der Waals surface area (Å²) in [6.07, 6.45) is -0.527. The van der Waals surface area contributed by atoms with Gasteiger partial charge in [-0.25, -0.2) is 0 Å². The second kappa shape index (κ2) is 6.26. The van der Waals surface area contributed by atoms with Crippen molar-refractivity contribution in [3.63, 3.8) is 0 Å². The Balaban J connectivity index is 2.01. The third-order valence-corrected chi connectivity index (χ3v) is 3.58. The molecule has 2 rings (SSSR count). The van der Waals surface area contributed by atoms with Crippen molar-refractivity contribution < 1.29 is 9.53 Å². The first-order chi connectivity index (χ1) is 9.09. The van der Waals surface area contributed by atoms with Gasteiger partial charge in [0.15, 0.2) is 6.10 Å². The number of hydrogen-bond acceptors (Lipinski definition) is 3. The first-order valence-corrected chi connectivity index (χ1v) is 6.90. The molecule has 1 heterocycles. The van der Waals surface area contributed by atoms with E-state index in [9.17, 15) is 4.79 Å². The summed E-state index contributed by atoms with van der Waals surface area (Å²) in [5, 5.41) is 3.78. The Hall–Kier alpha value is -1.26. The Morgan fingerprint density at radius 1 is 1.53 bits per heavy atom. The van der Waals surface area contributed by atoms with E-state index >= 15 is 0 Å². The maximum atomic E-state index is 12.4. The summed E-state index contributed by atoms with van der Waals surface area (Å²) in [6, 6.07) is 7.39. The third kappa shape index (κ3) is 3.39. The Labute approximate surface area is 118 Å². The molecule has 0 saturated carbocycles. The number of halogens is 1. The van der Waals surface area contributed by atoms with Gasteiger partial charge in [0.1, 0.15) is 5.75 Å². The van der Waals surface area contributed by atoms with Crippen molar-refractivity contribution in [2.45, 2.75) is 26.0 Å². The maximum absolute atomic E-state index is 12.4. The fourth-order valence-electron chi connectivity index (χ4n) is 2.18. The highest BCUT2D eigenvalue weighted by Gasteiger charge is 2.28. The number of amides is 1. The number of nitrogens with one attached hydrogen (secondary N) is 1. The summed E-state index contributed by atoms with van der Waals surface area (Å²) in [7, 11) is 0. The van der Waals surface area contributed by atoms with Gasteiger partial charge in [0.25, 0.3) is 5.91 Å². The van der Waals surface area contributed by atoms with Gasteiger partial charge in [-0.1, -0.05) is 23.7 Å². The molecule has 1 fully saturated rings. The van der Waals surface area contributed by atoms with Crippen molar-refractivity contribution >= 4 is 17.5 Å². The van der Waals surface area contributed by atoms with Crippen LogP contribution < -0.4 is 10.1 Å². The second-order valence-corrected chi connectivity index (χ2v) is 5.18. The third-order valence-electron chi connectivity index (χ3n) is 3.27. The van der Waals surface area contributed by atoms with Crippen LogP contribution in [0.5, 0.6) is 5.75 Å². The van der Waals surface area contributed by atoms with Crippen LogP contribution in [0.1, 0.15) is 13.8 Å². The number of hydrogen-bond donors (Lipinski definition) is 1. The number of piperazine rings is 1. The average molecular weight is 283 g/mol. The fourth-order valence-corrected chi connectivity index (χ4v) is 2.36. The lowest BCUT2D eigenvalue weighted by Gasteiger charge is -2.35. The SMILES string of the molecule is CC(Oc1ccccc1Cl)C(=O)N1CCNCC1C. The van der Waals surface area contributed by atoms with E-state index < -0.39 is 6.10 Å². The van der Waals surface area contributed by atoms with Crippen molar-refractivity contribution in [2.24, 2.45) is 0 Å². The van der Waals surface area contributed by atoms with Crippen LogP contribution in [0.25, 0.3) is 0 Å². The molecule has 1 aliphatic heterocycles. The van der Waals surface area contributed by atoms with Crippen molar-refractivity contribution in [2.75, 3.05) is 19.6 Å². The van der Waals surface area contributed by atoms with Crippen LogP contribution in [0.15, 0.2) is 24.3 Å². The van der Waals surface area contributed by atoms with Crippen molar-refractivity contribution in [3.05, 3.63) is 29.3 Å². The molecule has 0 radical (unpaired) electrons. The number of para-hydroxylation sites is 1. The van der Waals surface area contributed by atoms with E-state index in [2.05, 4.69) is 5.32 Å². The van der Waals surface area contributed by atoms with Gasteiger partial charge in [0.05, 0.1) is 5.02 Å². The number of ether oxygens (including phenoxy) is 1. The molecule has 4 nitrogen and oxygen atoms in total. The molecule has 0 aliphatic carbocycles. The van der Waals surface area contributed by atoms with Crippen LogP contribution in [0, 0.1) is 0 Å². The molecular formula is C14H19ClN2O2. The van der Waals surface area contributed by atoms with Crippen LogP contribution in [0.3, 0.4) is 0 Å². The lowest BCUT2D eigenvalue weighted by atomic mass is 10.2. The molecule has 1 aromatic rings. The number of carbonyl (C=O) groups is 1. The van der Waals surface area contributed by atoms with E-state index in [0.29, 0.717) is 10.8 Å². The van der Waals surface area contributed by atoms with Gasteiger partial charge < -0.3 is 15.0 Å². The van der Waals surface area contributed by atoms with E-state index in [-0.39, 0.29) is 11.9 Å². The molecule has 0 spiro atoms. The first-order valence-electron chi connectivity index (χ1n) is 6.52. The Morgan fingerprint density at radius 2 is 2.26 bits per heavy atom. The van der Waals surface area contributed by atoms with Crippen LogP contribution in [0.4, 0.5) is 0 Å². The number of rotatable bonds is 3. The highest BCUT2D eigenvalue weighted by atomic mass is 35.5. The zero-order valence-electron chi connectivity index (χ0n) is 11.2.